The highest BCUT2D eigenvalue weighted by Gasteiger charge is 2.31. The molecule has 0 spiro atoms. The molecule has 2 aromatic rings. The number of nitrogens with one attached hydrogen (secondary N) is 1. The fourth-order valence-electron chi connectivity index (χ4n) is 3.41. The van der Waals surface area contributed by atoms with Crippen LogP contribution < -0.4 is 20.5 Å². The lowest BCUT2D eigenvalue weighted by Gasteiger charge is -2.34. The first kappa shape index (κ1) is 17.6. The smallest absolute Gasteiger partial charge is 0.238 e. The predicted octanol–water partition coefficient (Wildman–Crippen LogP) is 1.92. The minimum Gasteiger partial charge on any atom is -0.454 e. The number of amides is 2. The van der Waals surface area contributed by atoms with Crippen molar-refractivity contribution in [2.75, 3.05) is 18.7 Å². The number of hydrogen-bond donors (Lipinski definition) is 2. The van der Waals surface area contributed by atoms with Crippen molar-refractivity contribution >= 4 is 29.1 Å². The molecule has 1 unspecified atom stereocenters. The first-order chi connectivity index (χ1) is 13.0. The van der Waals surface area contributed by atoms with E-state index in [9.17, 15) is 9.59 Å². The number of hydrogen-bond acceptors (Lipinski definition) is 5. The third-order valence-corrected chi connectivity index (χ3v) is 5.07. The maximum Gasteiger partial charge on any atom is 0.238 e. The largest absolute Gasteiger partial charge is 0.454 e. The summed E-state index contributed by atoms with van der Waals surface area (Å²) in [6.07, 6.45) is 0.490. The van der Waals surface area contributed by atoms with Crippen LogP contribution in [0.25, 0.3) is 0 Å². The topological polar surface area (TPSA) is 93.9 Å². The number of halogens is 1. The Bertz CT molecular complexity index is 918. The summed E-state index contributed by atoms with van der Waals surface area (Å²) in [5.41, 5.74) is 8.16. The number of anilines is 1. The Kier molecular flexibility index (Phi) is 4.63. The van der Waals surface area contributed by atoms with Gasteiger partial charge in [0.2, 0.25) is 18.6 Å². The third-order valence-electron chi connectivity index (χ3n) is 4.76. The highest BCUT2D eigenvalue weighted by Crippen LogP contribution is 2.39. The van der Waals surface area contributed by atoms with Gasteiger partial charge in [-0.05, 0) is 17.5 Å². The third kappa shape index (κ3) is 3.56. The average molecular weight is 388 g/mol. The molecule has 0 aromatic heterocycles. The number of fused-ring (bicyclic) bond motifs is 2. The zero-order valence-electron chi connectivity index (χ0n) is 14.4. The fourth-order valence-corrected chi connectivity index (χ4v) is 3.61. The molecule has 0 saturated heterocycles. The lowest BCUT2D eigenvalue weighted by Crippen LogP contribution is -2.50. The van der Waals surface area contributed by atoms with E-state index in [1.165, 1.54) is 0 Å². The molecule has 0 radical (unpaired) electrons. The van der Waals surface area contributed by atoms with Gasteiger partial charge in [-0.1, -0.05) is 35.9 Å². The zero-order valence-corrected chi connectivity index (χ0v) is 15.2. The molecule has 2 aromatic carbocycles. The van der Waals surface area contributed by atoms with Crippen molar-refractivity contribution in [2.45, 2.75) is 19.0 Å². The minimum absolute atomic E-state index is 0.0205. The van der Waals surface area contributed by atoms with Crippen LogP contribution in [0.2, 0.25) is 5.02 Å². The van der Waals surface area contributed by atoms with Gasteiger partial charge in [-0.3, -0.25) is 14.5 Å². The molecule has 140 valence electrons. The maximum absolute atomic E-state index is 12.6. The Labute approximate surface area is 161 Å². The number of rotatable bonds is 4. The Morgan fingerprint density at radius 3 is 2.63 bits per heavy atom. The lowest BCUT2D eigenvalue weighted by atomic mass is 9.93. The first-order valence-corrected chi connectivity index (χ1v) is 8.88. The van der Waals surface area contributed by atoms with E-state index in [1.54, 1.807) is 17.0 Å². The van der Waals surface area contributed by atoms with Crippen molar-refractivity contribution in [3.8, 4) is 11.5 Å². The van der Waals surface area contributed by atoms with Gasteiger partial charge in [0, 0.05) is 18.7 Å². The van der Waals surface area contributed by atoms with Crippen molar-refractivity contribution in [3.05, 3.63) is 52.5 Å². The molecule has 0 bridgehead atoms. The monoisotopic (exact) mass is 387 g/mol. The van der Waals surface area contributed by atoms with Gasteiger partial charge >= 0.3 is 0 Å². The van der Waals surface area contributed by atoms with Crippen LogP contribution in [0.15, 0.2) is 36.4 Å². The Hall–Kier alpha value is -2.77. The predicted molar refractivity (Wildman–Crippen MR) is 99.7 cm³/mol. The van der Waals surface area contributed by atoms with Crippen molar-refractivity contribution in [1.29, 1.82) is 0 Å². The van der Waals surface area contributed by atoms with Crippen molar-refractivity contribution in [3.63, 3.8) is 0 Å². The molecular formula is C19H18ClN3O4. The van der Waals surface area contributed by atoms with Gasteiger partial charge in [0.15, 0.2) is 11.5 Å². The summed E-state index contributed by atoms with van der Waals surface area (Å²) in [7, 11) is 0. The number of ether oxygens (including phenoxy) is 2. The van der Waals surface area contributed by atoms with Gasteiger partial charge in [0.25, 0.3) is 0 Å². The molecular weight excluding hydrogens is 370 g/mol. The van der Waals surface area contributed by atoms with Gasteiger partial charge in [0.1, 0.15) is 0 Å². The van der Waals surface area contributed by atoms with Crippen LogP contribution >= 0.6 is 11.6 Å². The van der Waals surface area contributed by atoms with Crippen LogP contribution in [0, 0.1) is 0 Å². The second-order valence-corrected chi connectivity index (χ2v) is 6.94. The summed E-state index contributed by atoms with van der Waals surface area (Å²) in [5, 5.41) is 3.12. The lowest BCUT2D eigenvalue weighted by molar-refractivity contribution is -0.125. The van der Waals surface area contributed by atoms with Crippen LogP contribution in [0.5, 0.6) is 11.5 Å². The van der Waals surface area contributed by atoms with E-state index in [0.29, 0.717) is 35.2 Å². The second-order valence-electron chi connectivity index (χ2n) is 6.53. The molecule has 0 fully saturated rings. The molecule has 27 heavy (non-hydrogen) atoms. The van der Waals surface area contributed by atoms with Crippen LogP contribution in [0.4, 0.5) is 5.69 Å². The number of benzene rings is 2. The molecule has 2 aliphatic rings. The summed E-state index contributed by atoms with van der Waals surface area (Å²) >= 11 is 6.20. The Morgan fingerprint density at radius 1 is 1.19 bits per heavy atom. The standard InChI is InChI=1S/C19H18ClN3O4/c20-13-6-16-17(27-10-26-16)7-14(13)22-18(24)9-23-8-12-4-2-1-3-11(12)5-15(23)19(21)25/h1-4,6-7,15H,5,8-10H2,(H2,21,25)(H,22,24). The van der Waals surface area contributed by atoms with Crippen LogP contribution in [-0.2, 0) is 22.6 Å². The van der Waals surface area contributed by atoms with E-state index in [0.717, 1.165) is 11.1 Å². The number of primary amides is 1. The molecule has 4 rings (SSSR count). The summed E-state index contributed by atoms with van der Waals surface area (Å²) in [4.78, 5) is 26.3. The van der Waals surface area contributed by atoms with E-state index in [2.05, 4.69) is 5.32 Å². The molecule has 1 atom stereocenters. The number of nitrogens with zero attached hydrogens (tertiary/aromatic N) is 1. The molecule has 0 aliphatic carbocycles. The molecule has 2 aliphatic heterocycles. The van der Waals surface area contributed by atoms with Gasteiger partial charge in [0.05, 0.1) is 23.3 Å². The zero-order chi connectivity index (χ0) is 19.0. The van der Waals surface area contributed by atoms with E-state index in [1.807, 2.05) is 24.3 Å². The van der Waals surface area contributed by atoms with Gasteiger partial charge in [-0.2, -0.15) is 0 Å². The average Bonchev–Trinajstić information content (AvgIpc) is 3.08. The quantitative estimate of drug-likeness (QED) is 0.835. The summed E-state index contributed by atoms with van der Waals surface area (Å²) in [6, 6.07) is 10.5. The summed E-state index contributed by atoms with van der Waals surface area (Å²) < 4.78 is 10.6. The fraction of sp³-hybridized carbons (Fsp3) is 0.263. The van der Waals surface area contributed by atoms with Crippen LogP contribution in [0.3, 0.4) is 0 Å². The van der Waals surface area contributed by atoms with E-state index in [4.69, 9.17) is 26.8 Å². The van der Waals surface area contributed by atoms with Crippen molar-refractivity contribution in [1.82, 2.24) is 4.90 Å². The molecule has 2 heterocycles. The molecule has 2 amide bonds. The van der Waals surface area contributed by atoms with Crippen molar-refractivity contribution in [2.24, 2.45) is 5.73 Å². The molecule has 3 N–H and O–H groups in total. The van der Waals surface area contributed by atoms with E-state index in [-0.39, 0.29) is 19.2 Å². The van der Waals surface area contributed by atoms with Crippen LogP contribution in [0.1, 0.15) is 11.1 Å². The molecule has 0 saturated carbocycles. The number of nitrogens with two attached hydrogens (primary N) is 1. The Balaban J connectivity index is 1.49. The summed E-state index contributed by atoms with van der Waals surface area (Å²) in [6.45, 7) is 0.620. The SMILES string of the molecule is NC(=O)C1Cc2ccccc2CN1CC(=O)Nc1cc2c(cc1Cl)OCO2. The Morgan fingerprint density at radius 2 is 1.89 bits per heavy atom. The molecule has 8 heteroatoms. The number of carbonyl (C=O) groups excluding carboxylic acids is 2. The second kappa shape index (κ2) is 7.09. The van der Waals surface area contributed by atoms with Gasteiger partial charge in [-0.15, -0.1) is 0 Å². The highest BCUT2D eigenvalue weighted by atomic mass is 35.5. The van der Waals surface area contributed by atoms with E-state index >= 15 is 0 Å². The molecule has 7 nitrogen and oxygen atoms in total. The van der Waals surface area contributed by atoms with Crippen molar-refractivity contribution < 1.29 is 19.1 Å². The highest BCUT2D eigenvalue weighted by molar-refractivity contribution is 6.34. The van der Waals surface area contributed by atoms with Gasteiger partial charge < -0.3 is 20.5 Å². The van der Waals surface area contributed by atoms with Gasteiger partial charge in [-0.25, -0.2) is 0 Å². The first-order valence-electron chi connectivity index (χ1n) is 8.50. The number of carbonyl (C=O) groups is 2. The van der Waals surface area contributed by atoms with E-state index < -0.39 is 11.9 Å². The summed E-state index contributed by atoms with van der Waals surface area (Å²) in [5.74, 6) is 0.329. The minimum atomic E-state index is -0.530. The van der Waals surface area contributed by atoms with Crippen LogP contribution in [-0.4, -0.2) is 36.1 Å². The maximum atomic E-state index is 12.6. The normalized spacial score (nSPS) is 18.0.